The fourth-order valence-corrected chi connectivity index (χ4v) is 3.88. The van der Waals surface area contributed by atoms with E-state index in [1.54, 1.807) is 0 Å². The highest BCUT2D eigenvalue weighted by atomic mass is 16.3. The van der Waals surface area contributed by atoms with Crippen LogP contribution in [0.5, 0.6) is 0 Å². The summed E-state index contributed by atoms with van der Waals surface area (Å²) in [5.74, 6) is 0. The zero-order chi connectivity index (χ0) is 15.8. The number of aromatic nitrogens is 1. The molecule has 1 aliphatic rings. The average molecular weight is 308 g/mol. The standard InChI is InChI=1S/C20H24N2O/c1-2-22-19-6-4-3-5-17(19)18-13-15(7-8-20(18)22)14-21-11-9-16(23)10-12-21/h3-8,13,16,23H,2,9-12,14H2,1H3. The maximum absolute atomic E-state index is 9.65. The first-order valence-electron chi connectivity index (χ1n) is 8.66. The highest BCUT2D eigenvalue weighted by molar-refractivity contribution is 6.08. The molecule has 4 rings (SSSR count). The SMILES string of the molecule is CCn1c2ccccc2c2cc(CN3CCC(O)CC3)ccc21. The second-order valence-corrected chi connectivity index (χ2v) is 6.62. The first-order chi connectivity index (χ1) is 11.3. The molecule has 1 aliphatic heterocycles. The highest BCUT2D eigenvalue weighted by Crippen LogP contribution is 2.30. The molecule has 3 heteroatoms. The number of fused-ring (bicyclic) bond motifs is 3. The molecule has 1 saturated heterocycles. The fourth-order valence-electron chi connectivity index (χ4n) is 3.88. The molecule has 2 aromatic carbocycles. The van der Waals surface area contributed by atoms with Gasteiger partial charge in [0.05, 0.1) is 6.10 Å². The van der Waals surface area contributed by atoms with Crippen LogP contribution in [0.4, 0.5) is 0 Å². The van der Waals surface area contributed by atoms with Gasteiger partial charge in [0.25, 0.3) is 0 Å². The van der Waals surface area contributed by atoms with Crippen LogP contribution in [0.2, 0.25) is 0 Å². The maximum Gasteiger partial charge on any atom is 0.0564 e. The van der Waals surface area contributed by atoms with Crippen LogP contribution in [0.1, 0.15) is 25.3 Å². The molecule has 1 aromatic heterocycles. The Hall–Kier alpha value is -1.84. The van der Waals surface area contributed by atoms with E-state index >= 15 is 0 Å². The number of nitrogens with zero attached hydrogens (tertiary/aromatic N) is 2. The number of aryl methyl sites for hydroxylation is 1. The third-order valence-corrected chi connectivity index (χ3v) is 5.12. The van der Waals surface area contributed by atoms with Crippen LogP contribution in [0, 0.1) is 0 Å². The van der Waals surface area contributed by atoms with E-state index in [0.29, 0.717) is 0 Å². The van der Waals surface area contributed by atoms with Gasteiger partial charge in [-0.1, -0.05) is 24.3 Å². The third kappa shape index (κ3) is 2.64. The van der Waals surface area contributed by atoms with E-state index in [-0.39, 0.29) is 6.10 Å². The molecular weight excluding hydrogens is 284 g/mol. The van der Waals surface area contributed by atoms with Crippen molar-refractivity contribution in [2.45, 2.75) is 39.0 Å². The Kier molecular flexibility index (Phi) is 3.83. The van der Waals surface area contributed by atoms with Crippen molar-refractivity contribution in [3.63, 3.8) is 0 Å². The molecule has 0 radical (unpaired) electrons. The topological polar surface area (TPSA) is 28.4 Å². The highest BCUT2D eigenvalue weighted by Gasteiger charge is 2.17. The van der Waals surface area contributed by atoms with Gasteiger partial charge in [-0.25, -0.2) is 0 Å². The smallest absolute Gasteiger partial charge is 0.0564 e. The van der Waals surface area contributed by atoms with Crippen molar-refractivity contribution in [2.75, 3.05) is 13.1 Å². The molecule has 23 heavy (non-hydrogen) atoms. The van der Waals surface area contributed by atoms with Gasteiger partial charge in [-0.2, -0.15) is 0 Å². The van der Waals surface area contributed by atoms with Crippen molar-refractivity contribution in [1.82, 2.24) is 9.47 Å². The molecule has 0 atom stereocenters. The Morgan fingerprint density at radius 1 is 1.00 bits per heavy atom. The Balaban J connectivity index is 1.71. The number of benzene rings is 2. The minimum absolute atomic E-state index is 0.101. The molecule has 120 valence electrons. The van der Waals surface area contributed by atoms with Gasteiger partial charge in [-0.3, -0.25) is 4.90 Å². The lowest BCUT2D eigenvalue weighted by Gasteiger charge is -2.29. The summed E-state index contributed by atoms with van der Waals surface area (Å²) in [5, 5.41) is 12.4. The van der Waals surface area contributed by atoms with Gasteiger partial charge >= 0.3 is 0 Å². The second-order valence-electron chi connectivity index (χ2n) is 6.62. The zero-order valence-corrected chi connectivity index (χ0v) is 13.7. The Labute approximate surface area is 137 Å². The summed E-state index contributed by atoms with van der Waals surface area (Å²) in [6.45, 7) is 6.17. The number of aliphatic hydroxyl groups is 1. The number of hydrogen-bond acceptors (Lipinski definition) is 2. The summed E-state index contributed by atoms with van der Waals surface area (Å²) in [6, 6.07) is 15.6. The lowest BCUT2D eigenvalue weighted by atomic mass is 10.1. The van der Waals surface area contributed by atoms with Crippen LogP contribution in [-0.2, 0) is 13.1 Å². The van der Waals surface area contributed by atoms with Gasteiger partial charge in [0.1, 0.15) is 0 Å². The van der Waals surface area contributed by atoms with Crippen molar-refractivity contribution >= 4 is 21.8 Å². The predicted octanol–water partition coefficient (Wildman–Crippen LogP) is 3.77. The summed E-state index contributed by atoms with van der Waals surface area (Å²) in [6.07, 6.45) is 1.70. The lowest BCUT2D eigenvalue weighted by molar-refractivity contribution is 0.0792. The van der Waals surface area contributed by atoms with Crippen LogP contribution in [0.15, 0.2) is 42.5 Å². The normalized spacial score (nSPS) is 17.3. The molecular formula is C20H24N2O. The molecule has 1 N–H and O–H groups in total. The van der Waals surface area contributed by atoms with Crippen LogP contribution < -0.4 is 0 Å². The summed E-state index contributed by atoms with van der Waals surface area (Å²) >= 11 is 0. The Bertz CT molecular complexity index is 828. The van der Waals surface area contributed by atoms with Crippen LogP contribution in [-0.4, -0.2) is 33.8 Å². The van der Waals surface area contributed by atoms with Crippen molar-refractivity contribution in [3.05, 3.63) is 48.0 Å². The first-order valence-corrected chi connectivity index (χ1v) is 8.66. The summed E-state index contributed by atoms with van der Waals surface area (Å²) < 4.78 is 2.39. The molecule has 0 saturated carbocycles. The van der Waals surface area contributed by atoms with Gasteiger partial charge in [-0.15, -0.1) is 0 Å². The van der Waals surface area contributed by atoms with Gasteiger partial charge in [-0.05, 0) is 43.5 Å². The fraction of sp³-hybridized carbons (Fsp3) is 0.400. The first kappa shape index (κ1) is 14.7. The number of piperidine rings is 1. The number of aliphatic hydroxyl groups excluding tert-OH is 1. The molecule has 0 bridgehead atoms. The average Bonchev–Trinajstić information content (AvgIpc) is 2.90. The van der Waals surface area contributed by atoms with E-state index in [2.05, 4.69) is 58.9 Å². The van der Waals surface area contributed by atoms with Crippen molar-refractivity contribution in [3.8, 4) is 0 Å². The largest absolute Gasteiger partial charge is 0.393 e. The quantitative estimate of drug-likeness (QED) is 0.798. The van der Waals surface area contributed by atoms with Gasteiger partial charge in [0, 0.05) is 48.0 Å². The van der Waals surface area contributed by atoms with E-state index in [1.165, 1.54) is 27.4 Å². The number of para-hydroxylation sites is 1. The molecule has 0 aliphatic carbocycles. The summed E-state index contributed by atoms with van der Waals surface area (Å²) in [5.41, 5.74) is 4.02. The van der Waals surface area contributed by atoms with E-state index < -0.39 is 0 Å². The monoisotopic (exact) mass is 308 g/mol. The molecule has 0 amide bonds. The zero-order valence-electron chi connectivity index (χ0n) is 13.7. The van der Waals surface area contributed by atoms with Crippen molar-refractivity contribution < 1.29 is 5.11 Å². The molecule has 0 unspecified atom stereocenters. The van der Waals surface area contributed by atoms with Crippen molar-refractivity contribution in [1.29, 1.82) is 0 Å². The number of rotatable bonds is 3. The van der Waals surface area contributed by atoms with E-state index in [9.17, 15) is 5.11 Å². The molecule has 1 fully saturated rings. The number of hydrogen-bond donors (Lipinski definition) is 1. The molecule has 3 nitrogen and oxygen atoms in total. The third-order valence-electron chi connectivity index (χ3n) is 5.12. The van der Waals surface area contributed by atoms with Crippen LogP contribution in [0.25, 0.3) is 21.8 Å². The lowest BCUT2D eigenvalue weighted by Crippen LogP contribution is -2.35. The predicted molar refractivity (Wildman–Crippen MR) is 95.6 cm³/mol. The maximum atomic E-state index is 9.65. The van der Waals surface area contributed by atoms with E-state index in [0.717, 1.165) is 39.0 Å². The van der Waals surface area contributed by atoms with Gasteiger partial charge in [0.2, 0.25) is 0 Å². The number of likely N-dealkylation sites (tertiary alicyclic amines) is 1. The minimum Gasteiger partial charge on any atom is -0.393 e. The summed E-state index contributed by atoms with van der Waals surface area (Å²) in [4.78, 5) is 2.45. The van der Waals surface area contributed by atoms with Crippen molar-refractivity contribution in [2.24, 2.45) is 0 Å². The molecule has 2 heterocycles. The minimum atomic E-state index is -0.101. The second kappa shape index (κ2) is 5.99. The summed E-state index contributed by atoms with van der Waals surface area (Å²) in [7, 11) is 0. The van der Waals surface area contributed by atoms with Gasteiger partial charge in [0.15, 0.2) is 0 Å². The van der Waals surface area contributed by atoms with Crippen LogP contribution in [0.3, 0.4) is 0 Å². The van der Waals surface area contributed by atoms with Gasteiger partial charge < -0.3 is 9.67 Å². The van der Waals surface area contributed by atoms with Crippen LogP contribution >= 0.6 is 0 Å². The Morgan fingerprint density at radius 2 is 1.74 bits per heavy atom. The Morgan fingerprint density at radius 3 is 2.52 bits per heavy atom. The molecule has 3 aromatic rings. The van der Waals surface area contributed by atoms with E-state index in [4.69, 9.17) is 0 Å². The molecule has 0 spiro atoms. The van der Waals surface area contributed by atoms with E-state index in [1.807, 2.05) is 0 Å².